The van der Waals surface area contributed by atoms with Crippen molar-refractivity contribution in [3.8, 4) is 17.6 Å². The number of carbonyl (C=O) groups excluding carboxylic acids is 4. The van der Waals surface area contributed by atoms with Crippen LogP contribution in [0.1, 0.15) is 66.4 Å². The van der Waals surface area contributed by atoms with Crippen LogP contribution in [0.5, 0.6) is 5.75 Å². The zero-order valence-electron chi connectivity index (χ0n) is 39.1. The maximum atomic E-state index is 13.2. The fourth-order valence-corrected chi connectivity index (χ4v) is 10.7. The van der Waals surface area contributed by atoms with E-state index in [4.69, 9.17) is 25.4 Å². The number of nitrogens with one attached hydrogen (secondary N) is 4. The summed E-state index contributed by atoms with van der Waals surface area (Å²) in [4.78, 5) is 67.7. The normalized spacial score (nSPS) is 18.0. The number of piperazine rings is 1. The van der Waals surface area contributed by atoms with Crippen LogP contribution in [-0.2, 0) is 34.5 Å². The summed E-state index contributed by atoms with van der Waals surface area (Å²) >= 11 is 6.49. The molecule has 364 valence electrons. The molecule has 1 unspecified atom stereocenters. The molecule has 4 amide bonds. The van der Waals surface area contributed by atoms with Gasteiger partial charge in [-0.1, -0.05) is 41.6 Å². The van der Waals surface area contributed by atoms with Gasteiger partial charge in [0.15, 0.2) is 5.82 Å². The summed E-state index contributed by atoms with van der Waals surface area (Å²) in [5, 5.41) is 12.4. The van der Waals surface area contributed by atoms with E-state index in [-0.39, 0.29) is 35.1 Å². The number of benzene rings is 3. The predicted octanol–water partition coefficient (Wildman–Crippen LogP) is 5.42. The summed E-state index contributed by atoms with van der Waals surface area (Å²) in [7, 11) is 0.716. The van der Waals surface area contributed by atoms with Gasteiger partial charge in [0.25, 0.3) is 5.91 Å². The van der Waals surface area contributed by atoms with E-state index in [1.54, 1.807) is 42.3 Å². The molecule has 3 fully saturated rings. The number of fused-ring (bicyclic) bond motifs is 1. The van der Waals surface area contributed by atoms with Crippen LogP contribution in [0, 0.1) is 11.8 Å². The number of nitrogens with zero attached hydrogens (tertiary/aromatic N) is 6. The van der Waals surface area contributed by atoms with Gasteiger partial charge in [0.2, 0.25) is 23.7 Å². The van der Waals surface area contributed by atoms with Crippen molar-refractivity contribution in [2.45, 2.75) is 63.6 Å². The summed E-state index contributed by atoms with van der Waals surface area (Å²) in [5.74, 6) is 6.74. The predicted molar refractivity (Wildman–Crippen MR) is 264 cm³/mol. The number of rotatable bonds is 17. The first kappa shape index (κ1) is 49.4. The van der Waals surface area contributed by atoms with Crippen molar-refractivity contribution in [3.05, 3.63) is 88.6 Å². The minimum absolute atomic E-state index is 0.0354. The molecule has 4 N–H and O–H groups in total. The van der Waals surface area contributed by atoms with Gasteiger partial charge in [-0.15, -0.1) is 0 Å². The minimum atomic E-state index is -3.57. The third-order valence-electron chi connectivity index (χ3n) is 13.1. The van der Waals surface area contributed by atoms with Gasteiger partial charge in [-0.3, -0.25) is 38.9 Å². The number of hydrogen-bond acceptors (Lipinski definition) is 15. The second kappa shape index (κ2) is 22.6. The van der Waals surface area contributed by atoms with Gasteiger partial charge in [-0.05, 0) is 74.1 Å². The third kappa shape index (κ3) is 11.7. The number of para-hydroxylation sites is 1. The maximum Gasteiger partial charge on any atom is 0.362 e. The van der Waals surface area contributed by atoms with Crippen molar-refractivity contribution in [1.29, 1.82) is 0 Å². The number of anilines is 5. The average Bonchev–Trinajstić information content (AvgIpc) is 3.70. The summed E-state index contributed by atoms with van der Waals surface area (Å²) in [6.07, 6.45) is 6.37. The molecule has 4 aliphatic rings. The topological polar surface area (TPSA) is 200 Å². The van der Waals surface area contributed by atoms with Gasteiger partial charge < -0.3 is 39.5 Å². The third-order valence-corrected chi connectivity index (χ3v) is 15.3. The zero-order valence-corrected chi connectivity index (χ0v) is 40.7. The van der Waals surface area contributed by atoms with Crippen molar-refractivity contribution in [1.82, 2.24) is 35.3 Å². The Kier molecular flexibility index (Phi) is 16.2. The molecule has 1 atom stereocenters. The highest BCUT2D eigenvalue weighted by atomic mass is 35.5. The van der Waals surface area contributed by atoms with E-state index in [1.165, 1.54) is 20.4 Å². The van der Waals surface area contributed by atoms with Crippen LogP contribution in [0.3, 0.4) is 0 Å². The first-order valence-corrected chi connectivity index (χ1v) is 25.2. The molecular weight excluding hydrogens is 923 g/mol. The number of unbranched alkanes of at least 4 members (excludes halogenated alkanes) is 2. The SMILES string of the molecule is COc1cc(N2CCC(N3CCN(CC(=O)NCCCCC#Cc4cccc5c4CN(C4CCC(=O)NC4=O)C5=O)CC3)CC2)ccc1Nc1ncc(Cl)c(Nc2ccccc2P(=O)(OC)OC)n1. The zero-order chi connectivity index (χ0) is 48.5. The molecule has 3 aromatic carbocycles. The second-order valence-electron chi connectivity index (χ2n) is 17.3. The quantitative estimate of drug-likeness (QED) is 0.0452. The standard InChI is InChI=1S/C49H58ClN10O8P/c1-66-42-29-35(16-17-39(42)54-49-52-30-38(50)46(56-49)53-40-14-7-8-15-43(40)69(65,67-2)68-3)58-23-20-34(21-24-58)59-27-25-57(26-28-59)32-45(62)51-22-9-5-4-6-11-33-12-10-13-36-37(33)31-60(48(36)64)41-18-19-44(61)55-47(41)63/h7-8,10,12-17,29-30,34,41H,4-5,9,18-28,31-32H2,1-3H3,(H,51,62)(H,55,61,63)(H2,52,53,54,56). The van der Waals surface area contributed by atoms with E-state index < -0.39 is 19.5 Å². The van der Waals surface area contributed by atoms with Crippen molar-refractivity contribution >= 4 is 77.0 Å². The summed E-state index contributed by atoms with van der Waals surface area (Å²) in [6, 6.07) is 18.2. The van der Waals surface area contributed by atoms with Crippen LogP contribution < -0.4 is 36.2 Å². The summed E-state index contributed by atoms with van der Waals surface area (Å²) in [6.45, 7) is 6.63. The van der Waals surface area contributed by atoms with Crippen LogP contribution >= 0.6 is 19.2 Å². The summed E-state index contributed by atoms with van der Waals surface area (Å²) in [5.41, 5.74) is 4.35. The van der Waals surface area contributed by atoms with E-state index in [2.05, 4.69) is 63.8 Å². The molecule has 18 nitrogen and oxygen atoms in total. The monoisotopic (exact) mass is 980 g/mol. The maximum absolute atomic E-state index is 13.2. The molecule has 0 bridgehead atoms. The summed E-state index contributed by atoms with van der Waals surface area (Å²) < 4.78 is 29.5. The van der Waals surface area contributed by atoms with E-state index in [0.29, 0.717) is 72.3 Å². The molecule has 0 saturated carbocycles. The van der Waals surface area contributed by atoms with Crippen molar-refractivity contribution < 1.29 is 37.5 Å². The highest BCUT2D eigenvalue weighted by molar-refractivity contribution is 7.62. The van der Waals surface area contributed by atoms with E-state index in [9.17, 15) is 23.7 Å². The Morgan fingerprint density at radius 3 is 2.45 bits per heavy atom. The number of imide groups is 1. The molecule has 69 heavy (non-hydrogen) atoms. The Bertz CT molecular complexity index is 2660. The molecule has 8 rings (SSSR count). The molecule has 1 aromatic heterocycles. The lowest BCUT2D eigenvalue weighted by Gasteiger charge is -2.43. The number of carbonyl (C=O) groups is 4. The molecule has 5 heterocycles. The number of hydrogen-bond donors (Lipinski definition) is 4. The van der Waals surface area contributed by atoms with Gasteiger partial charge in [-0.2, -0.15) is 4.98 Å². The lowest BCUT2D eigenvalue weighted by molar-refractivity contribution is -0.137. The van der Waals surface area contributed by atoms with E-state index >= 15 is 0 Å². The number of amides is 4. The van der Waals surface area contributed by atoms with Gasteiger partial charge in [-0.25, -0.2) is 4.98 Å². The van der Waals surface area contributed by atoms with Crippen molar-refractivity contribution in [2.24, 2.45) is 0 Å². The van der Waals surface area contributed by atoms with Crippen LogP contribution in [-0.4, -0.2) is 134 Å². The number of methoxy groups -OCH3 is 1. The fourth-order valence-electron chi connectivity index (χ4n) is 9.29. The van der Waals surface area contributed by atoms with Gasteiger partial charge in [0.05, 0.1) is 36.5 Å². The Morgan fingerprint density at radius 2 is 1.70 bits per heavy atom. The molecular formula is C49H58ClN10O8P. The number of halogens is 1. The first-order valence-electron chi connectivity index (χ1n) is 23.3. The lowest BCUT2D eigenvalue weighted by Crippen LogP contribution is -2.54. The van der Waals surface area contributed by atoms with Crippen LogP contribution in [0.25, 0.3) is 0 Å². The highest BCUT2D eigenvalue weighted by Crippen LogP contribution is 2.47. The van der Waals surface area contributed by atoms with Gasteiger partial charge in [0, 0.05) is 108 Å². The van der Waals surface area contributed by atoms with E-state index in [1.807, 2.05) is 24.3 Å². The lowest BCUT2D eigenvalue weighted by atomic mass is 10.0. The molecule has 0 spiro atoms. The van der Waals surface area contributed by atoms with Crippen molar-refractivity contribution in [2.75, 3.05) is 89.2 Å². The molecule has 3 saturated heterocycles. The van der Waals surface area contributed by atoms with Crippen LogP contribution in [0.2, 0.25) is 5.02 Å². The molecule has 20 heteroatoms. The number of aromatic nitrogens is 2. The Balaban J connectivity index is 0.736. The highest BCUT2D eigenvalue weighted by Gasteiger charge is 2.40. The Hall–Kier alpha value is -6.06. The van der Waals surface area contributed by atoms with E-state index in [0.717, 1.165) is 81.8 Å². The van der Waals surface area contributed by atoms with Crippen LogP contribution in [0.4, 0.5) is 28.8 Å². The van der Waals surface area contributed by atoms with Gasteiger partial charge in [0.1, 0.15) is 16.8 Å². The molecule has 4 aromatic rings. The average molecular weight is 981 g/mol. The van der Waals surface area contributed by atoms with Gasteiger partial charge >= 0.3 is 7.60 Å². The number of ether oxygens (including phenoxy) is 1. The first-order chi connectivity index (χ1) is 33.5. The smallest absolute Gasteiger partial charge is 0.362 e. The largest absolute Gasteiger partial charge is 0.494 e. The van der Waals surface area contributed by atoms with Crippen molar-refractivity contribution in [3.63, 3.8) is 0 Å². The molecule has 0 aliphatic carbocycles. The fraction of sp³-hybridized carbons (Fsp3) is 0.429. The molecule has 4 aliphatic heterocycles. The number of piperidine rings is 2. The Morgan fingerprint density at radius 1 is 0.913 bits per heavy atom. The molecule has 0 radical (unpaired) electrons. The minimum Gasteiger partial charge on any atom is -0.494 e. The Labute approximate surface area is 407 Å². The van der Waals surface area contributed by atoms with Crippen LogP contribution in [0.15, 0.2) is 66.9 Å². The second-order valence-corrected chi connectivity index (χ2v) is 19.9.